The summed E-state index contributed by atoms with van der Waals surface area (Å²) >= 11 is 0. The molecule has 7 heteroatoms. The predicted molar refractivity (Wildman–Crippen MR) is 92.4 cm³/mol. The van der Waals surface area contributed by atoms with Crippen LogP contribution in [0.2, 0.25) is 0 Å². The highest BCUT2D eigenvalue weighted by Gasteiger charge is 2.15. The highest BCUT2D eigenvalue weighted by atomic mass is 16.2. The standard InChI is InChI=1S/C17H17N5O2/c1-10-4-5-13-11(6-10)7-12(19-13)8-22-16(23)14-15(18-9-20(14)2)21(3)17(22)24/h4-7,9,19H,8H2,1-3H3. The molecule has 0 atom stereocenters. The lowest BCUT2D eigenvalue weighted by atomic mass is 10.2. The Kier molecular flexibility index (Phi) is 2.99. The molecule has 0 radical (unpaired) electrons. The van der Waals surface area contributed by atoms with E-state index < -0.39 is 0 Å². The van der Waals surface area contributed by atoms with Gasteiger partial charge in [0.25, 0.3) is 5.56 Å². The summed E-state index contributed by atoms with van der Waals surface area (Å²) in [6.45, 7) is 2.23. The zero-order chi connectivity index (χ0) is 17.0. The van der Waals surface area contributed by atoms with Crippen molar-refractivity contribution in [3.8, 4) is 0 Å². The number of aromatic nitrogens is 5. The zero-order valence-corrected chi connectivity index (χ0v) is 13.7. The molecule has 24 heavy (non-hydrogen) atoms. The van der Waals surface area contributed by atoms with Gasteiger partial charge in [0.2, 0.25) is 0 Å². The van der Waals surface area contributed by atoms with Crippen molar-refractivity contribution in [2.45, 2.75) is 13.5 Å². The average molecular weight is 323 g/mol. The van der Waals surface area contributed by atoms with Crippen LogP contribution in [0.15, 0.2) is 40.2 Å². The number of benzene rings is 1. The van der Waals surface area contributed by atoms with Crippen molar-refractivity contribution in [1.82, 2.24) is 23.7 Å². The molecule has 122 valence electrons. The van der Waals surface area contributed by atoms with Crippen LogP contribution >= 0.6 is 0 Å². The number of hydrogen-bond acceptors (Lipinski definition) is 3. The van der Waals surface area contributed by atoms with E-state index in [9.17, 15) is 9.59 Å². The Bertz CT molecular complexity index is 1210. The normalized spacial score (nSPS) is 11.6. The van der Waals surface area contributed by atoms with Gasteiger partial charge in [-0.05, 0) is 30.5 Å². The summed E-state index contributed by atoms with van der Waals surface area (Å²) in [7, 11) is 3.37. The summed E-state index contributed by atoms with van der Waals surface area (Å²) in [5.74, 6) is 0. The van der Waals surface area contributed by atoms with Crippen molar-refractivity contribution in [2.24, 2.45) is 14.1 Å². The van der Waals surface area contributed by atoms with Gasteiger partial charge in [-0.1, -0.05) is 11.6 Å². The Balaban J connectivity index is 1.91. The topological polar surface area (TPSA) is 77.6 Å². The Morgan fingerprint density at radius 3 is 2.75 bits per heavy atom. The SMILES string of the molecule is Cc1ccc2[nH]c(Cn3c(=O)c4c(ncn4C)n(C)c3=O)cc2c1. The van der Waals surface area contributed by atoms with E-state index in [1.165, 1.54) is 9.13 Å². The average Bonchev–Trinajstić information content (AvgIpc) is 3.12. The van der Waals surface area contributed by atoms with Gasteiger partial charge >= 0.3 is 5.69 Å². The molecule has 0 spiro atoms. The number of imidazole rings is 1. The van der Waals surface area contributed by atoms with E-state index >= 15 is 0 Å². The van der Waals surface area contributed by atoms with Crippen LogP contribution in [0.1, 0.15) is 11.3 Å². The van der Waals surface area contributed by atoms with Gasteiger partial charge in [0.05, 0.1) is 12.9 Å². The largest absolute Gasteiger partial charge is 0.357 e. The quantitative estimate of drug-likeness (QED) is 0.603. The van der Waals surface area contributed by atoms with Crippen molar-refractivity contribution in [2.75, 3.05) is 0 Å². The van der Waals surface area contributed by atoms with E-state index in [1.54, 1.807) is 25.0 Å². The van der Waals surface area contributed by atoms with Crippen LogP contribution in [0.5, 0.6) is 0 Å². The molecule has 3 heterocycles. The van der Waals surface area contributed by atoms with Crippen molar-refractivity contribution in [3.63, 3.8) is 0 Å². The molecule has 4 aromatic rings. The van der Waals surface area contributed by atoms with Crippen molar-refractivity contribution >= 4 is 22.1 Å². The summed E-state index contributed by atoms with van der Waals surface area (Å²) in [6, 6.07) is 8.07. The Hall–Kier alpha value is -3.09. The minimum Gasteiger partial charge on any atom is -0.357 e. The summed E-state index contributed by atoms with van der Waals surface area (Å²) < 4.78 is 4.29. The number of hydrogen-bond donors (Lipinski definition) is 1. The Morgan fingerprint density at radius 2 is 1.96 bits per heavy atom. The molecule has 1 N–H and O–H groups in total. The van der Waals surface area contributed by atoms with Crippen LogP contribution in [0.25, 0.3) is 22.1 Å². The molecule has 0 unspecified atom stereocenters. The minimum atomic E-state index is -0.374. The molecule has 3 aromatic heterocycles. The van der Waals surface area contributed by atoms with Crippen LogP contribution in [-0.4, -0.2) is 23.7 Å². The fourth-order valence-corrected chi connectivity index (χ4v) is 3.10. The third-order valence-electron chi connectivity index (χ3n) is 4.36. The fraction of sp³-hybridized carbons (Fsp3) is 0.235. The first-order valence-corrected chi connectivity index (χ1v) is 7.65. The monoisotopic (exact) mass is 323 g/mol. The van der Waals surface area contributed by atoms with Gasteiger partial charge in [0, 0.05) is 25.3 Å². The van der Waals surface area contributed by atoms with Gasteiger partial charge in [-0.15, -0.1) is 0 Å². The number of H-pyrrole nitrogens is 1. The Labute approximate surface area is 136 Å². The molecule has 0 aliphatic heterocycles. The highest BCUT2D eigenvalue weighted by molar-refractivity contribution is 5.81. The molecule has 0 aliphatic carbocycles. The van der Waals surface area contributed by atoms with Gasteiger partial charge in [0.1, 0.15) is 0 Å². The van der Waals surface area contributed by atoms with Crippen LogP contribution < -0.4 is 11.2 Å². The molecule has 0 bridgehead atoms. The van der Waals surface area contributed by atoms with Crippen LogP contribution in [-0.2, 0) is 20.6 Å². The third-order valence-corrected chi connectivity index (χ3v) is 4.36. The number of nitrogens with zero attached hydrogens (tertiary/aromatic N) is 4. The minimum absolute atomic E-state index is 0.195. The second kappa shape index (κ2) is 4.95. The second-order valence-electron chi connectivity index (χ2n) is 6.15. The fourth-order valence-electron chi connectivity index (χ4n) is 3.10. The lowest BCUT2D eigenvalue weighted by molar-refractivity contribution is 0.648. The van der Waals surface area contributed by atoms with Crippen LogP contribution in [0.3, 0.4) is 0 Å². The number of aromatic amines is 1. The molecule has 4 rings (SSSR count). The van der Waals surface area contributed by atoms with Gasteiger partial charge in [-0.3, -0.25) is 13.9 Å². The van der Waals surface area contributed by atoms with Crippen LogP contribution in [0, 0.1) is 6.92 Å². The van der Waals surface area contributed by atoms with E-state index in [2.05, 4.69) is 16.0 Å². The molecule has 0 saturated heterocycles. The number of nitrogens with one attached hydrogen (secondary N) is 1. The molecule has 1 aromatic carbocycles. The molecule has 7 nitrogen and oxygen atoms in total. The van der Waals surface area contributed by atoms with Gasteiger partial charge in [0.15, 0.2) is 11.2 Å². The van der Waals surface area contributed by atoms with Gasteiger partial charge in [-0.2, -0.15) is 0 Å². The zero-order valence-electron chi connectivity index (χ0n) is 13.7. The van der Waals surface area contributed by atoms with Crippen LogP contribution in [0.4, 0.5) is 0 Å². The lowest BCUT2D eigenvalue weighted by Gasteiger charge is -2.07. The second-order valence-corrected chi connectivity index (χ2v) is 6.15. The summed E-state index contributed by atoms with van der Waals surface area (Å²) in [5, 5.41) is 1.07. The highest BCUT2D eigenvalue weighted by Crippen LogP contribution is 2.17. The maximum atomic E-state index is 12.7. The summed E-state index contributed by atoms with van der Waals surface area (Å²) in [6.07, 6.45) is 1.54. The maximum absolute atomic E-state index is 12.7. The van der Waals surface area contributed by atoms with Crippen molar-refractivity contribution in [3.05, 3.63) is 62.7 Å². The molecular formula is C17H17N5O2. The van der Waals surface area contributed by atoms with Crippen molar-refractivity contribution < 1.29 is 0 Å². The molecule has 0 saturated carbocycles. The molecule has 0 amide bonds. The van der Waals surface area contributed by atoms with Gasteiger partial charge in [-0.25, -0.2) is 9.78 Å². The summed E-state index contributed by atoms with van der Waals surface area (Å²) in [5.41, 5.74) is 3.08. The molecule has 0 aliphatic rings. The number of fused-ring (bicyclic) bond motifs is 2. The van der Waals surface area contributed by atoms with E-state index in [4.69, 9.17) is 0 Å². The lowest BCUT2D eigenvalue weighted by Crippen LogP contribution is -2.39. The molecule has 0 fully saturated rings. The summed E-state index contributed by atoms with van der Waals surface area (Å²) in [4.78, 5) is 32.7. The number of rotatable bonds is 2. The number of aryl methyl sites for hydroxylation is 3. The first-order chi connectivity index (χ1) is 11.5. The van der Waals surface area contributed by atoms with E-state index in [0.717, 1.165) is 22.2 Å². The van der Waals surface area contributed by atoms with E-state index in [0.29, 0.717) is 11.2 Å². The predicted octanol–water partition coefficient (Wildman–Crippen LogP) is 1.27. The molecular weight excluding hydrogens is 306 g/mol. The van der Waals surface area contributed by atoms with E-state index in [-0.39, 0.29) is 17.8 Å². The first kappa shape index (κ1) is 14.5. The van der Waals surface area contributed by atoms with Crippen molar-refractivity contribution in [1.29, 1.82) is 0 Å². The third kappa shape index (κ3) is 2.01. The Morgan fingerprint density at radius 1 is 1.17 bits per heavy atom. The van der Waals surface area contributed by atoms with Gasteiger partial charge < -0.3 is 9.55 Å². The smallest absolute Gasteiger partial charge is 0.332 e. The van der Waals surface area contributed by atoms with E-state index in [1.807, 2.05) is 25.1 Å². The first-order valence-electron chi connectivity index (χ1n) is 7.65. The maximum Gasteiger partial charge on any atom is 0.332 e.